The summed E-state index contributed by atoms with van der Waals surface area (Å²) < 4.78 is 38.8. The van der Waals surface area contributed by atoms with Gasteiger partial charge in [-0.25, -0.2) is 8.42 Å². The third-order valence-electron chi connectivity index (χ3n) is 3.95. The van der Waals surface area contributed by atoms with Gasteiger partial charge in [-0.2, -0.15) is 0 Å². The Morgan fingerprint density at radius 2 is 1.57 bits per heavy atom. The van der Waals surface area contributed by atoms with Gasteiger partial charge in [0.05, 0.1) is 17.7 Å². The van der Waals surface area contributed by atoms with Gasteiger partial charge in [-0.1, -0.05) is 18.2 Å². The Kier molecular flexibility index (Phi) is 6.39. The molecule has 0 saturated heterocycles. The zero-order chi connectivity index (χ0) is 21.1. The van der Waals surface area contributed by atoms with Crippen LogP contribution < -0.4 is 9.04 Å². The lowest BCUT2D eigenvalue weighted by atomic mass is 10.1. The molecule has 0 heterocycles. The van der Waals surface area contributed by atoms with Crippen LogP contribution in [0.25, 0.3) is 0 Å². The normalized spacial score (nSPS) is 11.8. The number of benzene rings is 2. The van der Waals surface area contributed by atoms with Crippen LogP contribution in [0.4, 0.5) is 5.69 Å². The molecule has 2 rings (SSSR count). The Morgan fingerprint density at radius 1 is 1.04 bits per heavy atom. The van der Waals surface area contributed by atoms with Crippen LogP contribution in [0.1, 0.15) is 31.9 Å². The van der Waals surface area contributed by atoms with Gasteiger partial charge in [0, 0.05) is 0 Å². The maximum absolute atomic E-state index is 13.6. The molecule has 0 radical (unpaired) electrons. The van der Waals surface area contributed by atoms with Gasteiger partial charge in [-0.3, -0.25) is 9.10 Å². The van der Waals surface area contributed by atoms with E-state index >= 15 is 0 Å². The number of carbonyl (C=O) groups excluding carboxylic acids is 1. The molecule has 0 bridgehead atoms. The van der Waals surface area contributed by atoms with Gasteiger partial charge >= 0.3 is 5.97 Å². The second-order valence-corrected chi connectivity index (χ2v) is 9.32. The van der Waals surface area contributed by atoms with Crippen molar-refractivity contribution in [2.75, 3.05) is 18.0 Å². The molecule has 152 valence electrons. The minimum Gasteiger partial charge on any atom is -0.497 e. The summed E-state index contributed by atoms with van der Waals surface area (Å²) >= 11 is 0. The first kappa shape index (κ1) is 21.8. The van der Waals surface area contributed by atoms with E-state index in [0.29, 0.717) is 22.6 Å². The molecule has 0 amide bonds. The first-order valence-corrected chi connectivity index (χ1v) is 10.3. The Hall–Kier alpha value is -2.54. The third-order valence-corrected chi connectivity index (χ3v) is 6.03. The molecule has 0 atom stereocenters. The number of sulfonamides is 1. The second kappa shape index (κ2) is 8.22. The van der Waals surface area contributed by atoms with E-state index in [1.807, 2.05) is 0 Å². The smallest absolute Gasteiger partial charge is 0.327 e. The zero-order valence-electron chi connectivity index (χ0n) is 17.1. The molecular weight excluding hydrogens is 378 g/mol. The van der Waals surface area contributed by atoms with E-state index in [4.69, 9.17) is 9.47 Å². The van der Waals surface area contributed by atoms with Crippen molar-refractivity contribution in [3.63, 3.8) is 0 Å². The summed E-state index contributed by atoms with van der Waals surface area (Å²) in [6.45, 7) is 8.21. The number of ether oxygens (including phenoxy) is 2. The van der Waals surface area contributed by atoms with Crippen molar-refractivity contribution < 1.29 is 22.7 Å². The topological polar surface area (TPSA) is 72.9 Å². The standard InChI is InChI=1S/C21H27NO5S/c1-15-12-18(26-6)13-16(2)20(15)28(24,25)22(17-10-8-7-9-11-17)14-19(23)27-21(3,4)5/h7-13H,14H2,1-6H3. The minimum atomic E-state index is -4.01. The van der Waals surface area contributed by atoms with Crippen molar-refractivity contribution >= 4 is 21.7 Å². The molecule has 6 nitrogen and oxygen atoms in total. The van der Waals surface area contributed by atoms with Gasteiger partial charge in [0.25, 0.3) is 10.0 Å². The van der Waals surface area contributed by atoms with Crippen LogP contribution in [0.5, 0.6) is 5.75 Å². The van der Waals surface area contributed by atoms with E-state index in [9.17, 15) is 13.2 Å². The molecule has 0 aromatic heterocycles. The van der Waals surface area contributed by atoms with Gasteiger partial charge < -0.3 is 9.47 Å². The molecule has 2 aromatic carbocycles. The van der Waals surface area contributed by atoms with Crippen LogP contribution >= 0.6 is 0 Å². The molecule has 2 aromatic rings. The number of esters is 1. The Balaban J connectivity index is 2.55. The zero-order valence-corrected chi connectivity index (χ0v) is 18.0. The molecule has 0 aliphatic rings. The van der Waals surface area contributed by atoms with E-state index in [1.54, 1.807) is 77.1 Å². The number of nitrogens with zero attached hydrogens (tertiary/aromatic N) is 1. The van der Waals surface area contributed by atoms with Crippen LogP contribution in [-0.4, -0.2) is 33.6 Å². The Labute approximate surface area is 167 Å². The van der Waals surface area contributed by atoms with E-state index in [-0.39, 0.29) is 4.90 Å². The lowest BCUT2D eigenvalue weighted by molar-refractivity contribution is -0.152. The number of para-hydroxylation sites is 1. The molecule has 28 heavy (non-hydrogen) atoms. The highest BCUT2D eigenvalue weighted by atomic mass is 32.2. The Bertz CT molecular complexity index is 924. The van der Waals surface area contributed by atoms with E-state index in [1.165, 1.54) is 7.11 Å². The molecule has 0 aliphatic heterocycles. The van der Waals surface area contributed by atoms with Gasteiger partial charge in [-0.15, -0.1) is 0 Å². The lowest BCUT2D eigenvalue weighted by Crippen LogP contribution is -2.39. The number of anilines is 1. The predicted molar refractivity (Wildman–Crippen MR) is 109 cm³/mol. The van der Waals surface area contributed by atoms with Crippen LogP contribution in [0.15, 0.2) is 47.4 Å². The first-order valence-electron chi connectivity index (χ1n) is 8.90. The van der Waals surface area contributed by atoms with Gasteiger partial charge in [0.15, 0.2) is 0 Å². The summed E-state index contributed by atoms with van der Waals surface area (Å²) in [5.41, 5.74) is 0.765. The number of hydrogen-bond acceptors (Lipinski definition) is 5. The highest BCUT2D eigenvalue weighted by Gasteiger charge is 2.31. The Morgan fingerprint density at radius 3 is 2.04 bits per heavy atom. The van der Waals surface area contributed by atoms with Crippen LogP contribution in [0.2, 0.25) is 0 Å². The summed E-state index contributed by atoms with van der Waals surface area (Å²) in [6, 6.07) is 11.9. The molecular formula is C21H27NO5S. The highest BCUT2D eigenvalue weighted by Crippen LogP contribution is 2.31. The van der Waals surface area contributed by atoms with Crippen LogP contribution in [0.3, 0.4) is 0 Å². The molecule has 0 aliphatic carbocycles. The quantitative estimate of drug-likeness (QED) is 0.683. The summed E-state index contributed by atoms with van der Waals surface area (Å²) in [5, 5.41) is 0. The van der Waals surface area contributed by atoms with Gasteiger partial charge in [0.1, 0.15) is 17.9 Å². The molecule has 0 saturated carbocycles. The fraction of sp³-hybridized carbons (Fsp3) is 0.381. The summed E-state index contributed by atoms with van der Waals surface area (Å²) in [5.74, 6) is -0.0453. The van der Waals surface area contributed by atoms with Crippen molar-refractivity contribution in [2.45, 2.75) is 45.1 Å². The van der Waals surface area contributed by atoms with Crippen molar-refractivity contribution in [3.8, 4) is 5.75 Å². The molecule has 0 fully saturated rings. The van der Waals surface area contributed by atoms with Gasteiger partial charge in [0.2, 0.25) is 0 Å². The number of methoxy groups -OCH3 is 1. The monoisotopic (exact) mass is 405 g/mol. The third kappa shape index (κ3) is 5.04. The first-order chi connectivity index (χ1) is 13.0. The largest absolute Gasteiger partial charge is 0.497 e. The summed E-state index contributed by atoms with van der Waals surface area (Å²) in [4.78, 5) is 12.6. The van der Waals surface area contributed by atoms with E-state index in [2.05, 4.69) is 0 Å². The average Bonchev–Trinajstić information content (AvgIpc) is 2.57. The van der Waals surface area contributed by atoms with E-state index in [0.717, 1.165) is 4.31 Å². The molecule has 7 heteroatoms. The predicted octanol–water partition coefficient (Wildman–Crippen LogP) is 3.85. The average molecular weight is 406 g/mol. The van der Waals surface area contributed by atoms with E-state index < -0.39 is 28.1 Å². The minimum absolute atomic E-state index is 0.153. The maximum atomic E-state index is 13.6. The summed E-state index contributed by atoms with van der Waals surface area (Å²) in [7, 11) is -2.49. The van der Waals surface area contributed by atoms with Crippen LogP contribution in [-0.2, 0) is 19.6 Å². The van der Waals surface area contributed by atoms with Crippen molar-refractivity contribution in [1.29, 1.82) is 0 Å². The summed E-state index contributed by atoms with van der Waals surface area (Å²) in [6.07, 6.45) is 0. The van der Waals surface area contributed by atoms with Crippen molar-refractivity contribution in [2.24, 2.45) is 0 Å². The number of rotatable bonds is 6. The fourth-order valence-electron chi connectivity index (χ4n) is 2.95. The molecule has 0 spiro atoms. The lowest BCUT2D eigenvalue weighted by Gasteiger charge is -2.27. The second-order valence-electron chi connectivity index (χ2n) is 7.52. The number of hydrogen-bond donors (Lipinski definition) is 0. The SMILES string of the molecule is COc1cc(C)c(S(=O)(=O)N(CC(=O)OC(C)(C)C)c2ccccc2)c(C)c1. The maximum Gasteiger partial charge on any atom is 0.327 e. The highest BCUT2D eigenvalue weighted by molar-refractivity contribution is 7.93. The molecule has 0 N–H and O–H groups in total. The van der Waals surface area contributed by atoms with Gasteiger partial charge in [-0.05, 0) is 70.0 Å². The fourth-order valence-corrected chi connectivity index (χ4v) is 4.77. The molecule has 0 unspecified atom stereocenters. The van der Waals surface area contributed by atoms with Crippen LogP contribution in [0, 0.1) is 13.8 Å². The number of aryl methyl sites for hydroxylation is 2. The van der Waals surface area contributed by atoms with Crippen molar-refractivity contribution in [3.05, 3.63) is 53.6 Å². The number of carbonyl (C=O) groups is 1. The van der Waals surface area contributed by atoms with Crippen molar-refractivity contribution in [1.82, 2.24) is 0 Å².